The van der Waals surface area contributed by atoms with Crippen LogP contribution in [0.4, 0.5) is 0 Å². The van der Waals surface area contributed by atoms with E-state index in [0.29, 0.717) is 12.0 Å². The lowest BCUT2D eigenvalue weighted by molar-refractivity contribution is -0.0723. The van der Waals surface area contributed by atoms with Crippen LogP contribution in [0.5, 0.6) is 0 Å². The van der Waals surface area contributed by atoms with Crippen molar-refractivity contribution < 1.29 is 10.2 Å². The summed E-state index contributed by atoms with van der Waals surface area (Å²) in [5, 5.41) is 21.9. The van der Waals surface area contributed by atoms with Gasteiger partial charge in [-0.3, -0.25) is 0 Å². The Morgan fingerprint density at radius 2 is 2.13 bits per heavy atom. The quantitative estimate of drug-likeness (QED) is 0.582. The van der Waals surface area contributed by atoms with Gasteiger partial charge < -0.3 is 15.5 Å². The van der Waals surface area contributed by atoms with E-state index in [2.05, 4.69) is 26.1 Å². The minimum Gasteiger partial charge on any atom is -0.396 e. The van der Waals surface area contributed by atoms with Gasteiger partial charge in [-0.25, -0.2) is 0 Å². The van der Waals surface area contributed by atoms with Crippen molar-refractivity contribution in [3.05, 3.63) is 0 Å². The molecule has 90 valence electrons. The zero-order valence-electron chi connectivity index (χ0n) is 10.2. The fraction of sp³-hybridized carbons (Fsp3) is 1.00. The zero-order valence-corrected chi connectivity index (χ0v) is 10.2. The Morgan fingerprint density at radius 3 is 2.60 bits per heavy atom. The van der Waals surface area contributed by atoms with Crippen LogP contribution in [-0.2, 0) is 0 Å². The third kappa shape index (κ3) is 3.16. The number of aliphatic hydroxyl groups is 2. The van der Waals surface area contributed by atoms with Gasteiger partial charge in [0, 0.05) is 18.1 Å². The summed E-state index contributed by atoms with van der Waals surface area (Å²) in [6, 6.07) is 0.455. The van der Waals surface area contributed by atoms with E-state index in [1.165, 1.54) is 0 Å². The molecule has 3 atom stereocenters. The molecule has 0 aromatic rings. The highest BCUT2D eigenvalue weighted by atomic mass is 16.3. The molecule has 1 fully saturated rings. The minimum atomic E-state index is -0.147. The maximum atomic E-state index is 9.56. The molecule has 0 heterocycles. The first-order valence-electron chi connectivity index (χ1n) is 6.00. The molecular weight excluding hydrogens is 190 g/mol. The third-order valence-corrected chi connectivity index (χ3v) is 3.79. The van der Waals surface area contributed by atoms with Gasteiger partial charge >= 0.3 is 0 Å². The summed E-state index contributed by atoms with van der Waals surface area (Å²) in [6.45, 7) is 7.56. The Bertz CT molecular complexity index is 194. The van der Waals surface area contributed by atoms with E-state index in [1.54, 1.807) is 0 Å². The van der Waals surface area contributed by atoms with E-state index in [-0.39, 0.29) is 18.1 Å². The van der Waals surface area contributed by atoms with Crippen molar-refractivity contribution in [2.75, 3.05) is 13.2 Å². The third-order valence-electron chi connectivity index (χ3n) is 3.79. The Balaban J connectivity index is 2.07. The first-order valence-corrected chi connectivity index (χ1v) is 6.00. The second kappa shape index (κ2) is 5.28. The predicted molar refractivity (Wildman–Crippen MR) is 61.7 cm³/mol. The zero-order chi connectivity index (χ0) is 11.5. The lowest BCUT2D eigenvalue weighted by atomic mass is 9.64. The molecule has 0 radical (unpaired) electrons. The highest BCUT2D eigenvalue weighted by Gasteiger charge is 2.46. The molecule has 3 heteroatoms. The van der Waals surface area contributed by atoms with Gasteiger partial charge in [-0.2, -0.15) is 0 Å². The van der Waals surface area contributed by atoms with E-state index < -0.39 is 0 Å². The van der Waals surface area contributed by atoms with Crippen molar-refractivity contribution in [2.24, 2.45) is 11.3 Å². The number of hydrogen-bond donors (Lipinski definition) is 3. The van der Waals surface area contributed by atoms with Crippen LogP contribution in [0.25, 0.3) is 0 Å². The number of rotatable bonds is 6. The van der Waals surface area contributed by atoms with Crippen molar-refractivity contribution in [2.45, 2.75) is 52.2 Å². The van der Waals surface area contributed by atoms with Crippen LogP contribution in [-0.4, -0.2) is 35.5 Å². The van der Waals surface area contributed by atoms with E-state index in [0.717, 1.165) is 25.8 Å². The molecule has 1 saturated carbocycles. The molecule has 1 aliphatic rings. The van der Waals surface area contributed by atoms with Crippen LogP contribution in [0.1, 0.15) is 40.0 Å². The summed E-state index contributed by atoms with van der Waals surface area (Å²) in [5.41, 5.74) is 0.0304. The Kier molecular flexibility index (Phi) is 4.56. The van der Waals surface area contributed by atoms with Gasteiger partial charge in [0.2, 0.25) is 0 Å². The highest BCUT2D eigenvalue weighted by Crippen LogP contribution is 2.40. The number of hydrogen-bond acceptors (Lipinski definition) is 3. The summed E-state index contributed by atoms with van der Waals surface area (Å²) in [6.07, 6.45) is 2.90. The topological polar surface area (TPSA) is 52.5 Å². The summed E-state index contributed by atoms with van der Waals surface area (Å²) in [5.74, 6) is 0.409. The fourth-order valence-electron chi connectivity index (χ4n) is 2.07. The lowest BCUT2D eigenvalue weighted by Gasteiger charge is -2.49. The molecule has 3 unspecified atom stereocenters. The highest BCUT2D eigenvalue weighted by molar-refractivity contribution is 5.01. The molecule has 0 aliphatic heterocycles. The first-order chi connectivity index (χ1) is 6.98. The van der Waals surface area contributed by atoms with E-state index in [1.807, 2.05) is 0 Å². The molecule has 0 saturated heterocycles. The van der Waals surface area contributed by atoms with Crippen LogP contribution >= 0.6 is 0 Å². The fourth-order valence-corrected chi connectivity index (χ4v) is 2.07. The SMILES string of the molecule is CC(CO)CCCNC1CC(O)C1(C)C. The monoisotopic (exact) mass is 215 g/mol. The Labute approximate surface area is 92.9 Å². The molecule has 0 aromatic carbocycles. The van der Waals surface area contributed by atoms with E-state index >= 15 is 0 Å². The largest absolute Gasteiger partial charge is 0.396 e. The van der Waals surface area contributed by atoms with Crippen LogP contribution in [0.3, 0.4) is 0 Å². The van der Waals surface area contributed by atoms with Gasteiger partial charge in [0.25, 0.3) is 0 Å². The lowest BCUT2D eigenvalue weighted by Crippen LogP contribution is -2.60. The number of aliphatic hydroxyl groups excluding tert-OH is 2. The normalized spacial score (nSPS) is 31.0. The van der Waals surface area contributed by atoms with Gasteiger partial charge in [0.05, 0.1) is 6.10 Å². The van der Waals surface area contributed by atoms with E-state index in [4.69, 9.17) is 5.11 Å². The summed E-state index contributed by atoms with van der Waals surface area (Å²) in [4.78, 5) is 0. The van der Waals surface area contributed by atoms with Gasteiger partial charge in [-0.15, -0.1) is 0 Å². The standard InChI is InChI=1S/C12H25NO2/c1-9(8-14)5-4-6-13-10-7-11(15)12(10,2)3/h9-11,13-15H,4-8H2,1-3H3. The maximum Gasteiger partial charge on any atom is 0.0621 e. The van der Waals surface area contributed by atoms with Crippen molar-refractivity contribution in [1.29, 1.82) is 0 Å². The molecular formula is C12H25NO2. The maximum absolute atomic E-state index is 9.56. The molecule has 0 aromatic heterocycles. The summed E-state index contributed by atoms with van der Waals surface area (Å²) < 4.78 is 0. The van der Waals surface area contributed by atoms with E-state index in [9.17, 15) is 5.11 Å². The summed E-state index contributed by atoms with van der Waals surface area (Å²) >= 11 is 0. The van der Waals surface area contributed by atoms with Gasteiger partial charge in [-0.05, 0) is 31.7 Å². The van der Waals surface area contributed by atoms with Crippen molar-refractivity contribution >= 4 is 0 Å². The molecule has 3 nitrogen and oxygen atoms in total. The van der Waals surface area contributed by atoms with Crippen LogP contribution in [0.15, 0.2) is 0 Å². The number of nitrogens with one attached hydrogen (secondary N) is 1. The van der Waals surface area contributed by atoms with Gasteiger partial charge in [0.1, 0.15) is 0 Å². The van der Waals surface area contributed by atoms with Crippen LogP contribution in [0.2, 0.25) is 0 Å². The molecule has 0 spiro atoms. The predicted octanol–water partition coefficient (Wildman–Crippen LogP) is 1.14. The van der Waals surface area contributed by atoms with Crippen molar-refractivity contribution in [3.63, 3.8) is 0 Å². The smallest absolute Gasteiger partial charge is 0.0621 e. The average Bonchev–Trinajstić information content (AvgIpc) is 2.22. The molecule has 3 N–H and O–H groups in total. The first kappa shape index (κ1) is 12.9. The van der Waals surface area contributed by atoms with Crippen LogP contribution in [0, 0.1) is 11.3 Å². The van der Waals surface area contributed by atoms with Gasteiger partial charge in [-0.1, -0.05) is 20.8 Å². The minimum absolute atomic E-state index is 0.0304. The molecule has 0 amide bonds. The Hall–Kier alpha value is -0.120. The average molecular weight is 215 g/mol. The molecule has 15 heavy (non-hydrogen) atoms. The summed E-state index contributed by atoms with van der Waals surface area (Å²) in [7, 11) is 0. The van der Waals surface area contributed by atoms with Crippen molar-refractivity contribution in [1.82, 2.24) is 5.32 Å². The second-order valence-electron chi connectivity index (χ2n) is 5.51. The Morgan fingerprint density at radius 1 is 1.47 bits per heavy atom. The molecule has 1 aliphatic carbocycles. The molecule has 0 bridgehead atoms. The second-order valence-corrected chi connectivity index (χ2v) is 5.51. The van der Waals surface area contributed by atoms with Crippen LogP contribution < -0.4 is 5.32 Å². The van der Waals surface area contributed by atoms with Gasteiger partial charge in [0.15, 0.2) is 0 Å². The molecule has 1 rings (SSSR count). The van der Waals surface area contributed by atoms with Crippen molar-refractivity contribution in [3.8, 4) is 0 Å².